The van der Waals surface area contributed by atoms with Gasteiger partial charge in [0.1, 0.15) is 0 Å². The highest BCUT2D eigenvalue weighted by Crippen LogP contribution is 2.47. The van der Waals surface area contributed by atoms with E-state index >= 15 is 0 Å². The first kappa shape index (κ1) is 20.8. The van der Waals surface area contributed by atoms with Crippen LogP contribution in [0.5, 0.6) is 17.2 Å². The van der Waals surface area contributed by atoms with Gasteiger partial charge in [-0.15, -0.1) is 0 Å². The molecule has 1 N–H and O–H groups in total. The number of aromatic nitrogens is 1. The molecule has 7 heteroatoms. The average molecular weight is 460 g/mol. The lowest BCUT2D eigenvalue weighted by atomic mass is 10.1. The van der Waals surface area contributed by atoms with Gasteiger partial charge in [-0.05, 0) is 23.8 Å². The van der Waals surface area contributed by atoms with E-state index in [2.05, 4.69) is 17.1 Å². The highest BCUT2D eigenvalue weighted by Gasteiger charge is 2.20. The van der Waals surface area contributed by atoms with Crippen molar-refractivity contribution in [1.82, 2.24) is 4.98 Å². The number of hydrogen-bond acceptors (Lipinski definition) is 4. The van der Waals surface area contributed by atoms with Gasteiger partial charge in [0.15, 0.2) is 11.5 Å². The summed E-state index contributed by atoms with van der Waals surface area (Å²) in [5, 5.41) is 2.00. The van der Waals surface area contributed by atoms with E-state index in [0.717, 1.165) is 32.0 Å². The molecule has 1 aromatic heterocycles. The Hall–Kier alpha value is -2.47. The maximum Gasteiger partial charge on any atom is 0.203 e. The molecule has 30 heavy (non-hydrogen) atoms. The fraction of sp³-hybridized carbons (Fsp3) is 0.130. The van der Waals surface area contributed by atoms with Gasteiger partial charge in [-0.25, -0.2) is 0 Å². The summed E-state index contributed by atoms with van der Waals surface area (Å²) in [5.41, 5.74) is 2.82. The summed E-state index contributed by atoms with van der Waals surface area (Å²) in [6.07, 6.45) is 0. The Bertz CT molecular complexity index is 1180. The number of aromatic amines is 1. The maximum atomic E-state index is 6.51. The largest absolute Gasteiger partial charge is 0.493 e. The third kappa shape index (κ3) is 3.69. The van der Waals surface area contributed by atoms with Gasteiger partial charge in [0, 0.05) is 15.2 Å². The Morgan fingerprint density at radius 3 is 2.10 bits per heavy atom. The van der Waals surface area contributed by atoms with Crippen molar-refractivity contribution in [2.24, 2.45) is 0 Å². The first-order valence-corrected chi connectivity index (χ1v) is 10.7. The Kier molecular flexibility index (Phi) is 6.04. The number of methoxy groups -OCH3 is 3. The lowest BCUT2D eigenvalue weighted by molar-refractivity contribution is 0.323. The van der Waals surface area contributed by atoms with Crippen LogP contribution < -0.4 is 14.2 Å². The SMILES string of the molecule is COc1cc(Sc2c(-c3ccccc3)[nH]c3c(Cl)c(Cl)ccc23)cc(OC)c1OC. The van der Waals surface area contributed by atoms with E-state index in [1.165, 1.54) is 0 Å². The summed E-state index contributed by atoms with van der Waals surface area (Å²) in [4.78, 5) is 5.44. The molecule has 0 unspecified atom stereocenters. The second kappa shape index (κ2) is 8.72. The molecule has 0 radical (unpaired) electrons. The van der Waals surface area contributed by atoms with Crippen LogP contribution in [-0.2, 0) is 0 Å². The zero-order chi connectivity index (χ0) is 21.3. The summed E-state index contributed by atoms with van der Waals surface area (Å²) >= 11 is 14.4. The van der Waals surface area contributed by atoms with Crippen LogP contribution in [0.25, 0.3) is 22.2 Å². The van der Waals surface area contributed by atoms with Crippen LogP contribution in [0.15, 0.2) is 64.4 Å². The van der Waals surface area contributed by atoms with Crippen molar-refractivity contribution >= 4 is 45.9 Å². The molecule has 4 aromatic rings. The van der Waals surface area contributed by atoms with Gasteiger partial charge >= 0.3 is 0 Å². The second-order valence-electron chi connectivity index (χ2n) is 6.44. The van der Waals surface area contributed by atoms with Crippen LogP contribution in [0.3, 0.4) is 0 Å². The van der Waals surface area contributed by atoms with Crippen molar-refractivity contribution in [3.63, 3.8) is 0 Å². The minimum atomic E-state index is 0.503. The van der Waals surface area contributed by atoms with Gasteiger partial charge in [0.05, 0.1) is 42.6 Å². The summed E-state index contributed by atoms with van der Waals surface area (Å²) in [7, 11) is 4.80. The number of rotatable bonds is 6. The highest BCUT2D eigenvalue weighted by molar-refractivity contribution is 7.99. The van der Waals surface area contributed by atoms with Crippen molar-refractivity contribution in [1.29, 1.82) is 0 Å². The van der Waals surface area contributed by atoms with Crippen molar-refractivity contribution in [3.8, 4) is 28.5 Å². The molecule has 1 heterocycles. The average Bonchev–Trinajstić information content (AvgIpc) is 3.15. The van der Waals surface area contributed by atoms with Gasteiger partial charge in [-0.2, -0.15) is 0 Å². The Morgan fingerprint density at radius 1 is 0.833 bits per heavy atom. The summed E-state index contributed by atoms with van der Waals surface area (Å²) in [6, 6.07) is 17.8. The number of fused-ring (bicyclic) bond motifs is 1. The standard InChI is InChI=1S/C23H19Cl2NO3S/c1-27-17-11-14(12-18(28-2)22(17)29-3)30-23-15-9-10-16(24)19(25)21(15)26-20(23)13-7-5-4-6-8-13/h4-12,26H,1-3H3. The van der Waals surface area contributed by atoms with E-state index in [0.29, 0.717) is 27.3 Å². The predicted molar refractivity (Wildman–Crippen MR) is 124 cm³/mol. The molecule has 0 aliphatic heterocycles. The number of halogens is 2. The quantitative estimate of drug-likeness (QED) is 0.327. The zero-order valence-corrected chi connectivity index (χ0v) is 18.9. The normalized spacial score (nSPS) is 11.0. The van der Waals surface area contributed by atoms with Crippen molar-refractivity contribution in [2.45, 2.75) is 9.79 Å². The van der Waals surface area contributed by atoms with Crippen LogP contribution in [-0.4, -0.2) is 26.3 Å². The summed E-state index contributed by atoms with van der Waals surface area (Å²) < 4.78 is 16.5. The second-order valence-corrected chi connectivity index (χ2v) is 8.31. The molecule has 0 saturated carbocycles. The van der Waals surface area contributed by atoms with Crippen molar-refractivity contribution in [2.75, 3.05) is 21.3 Å². The Labute approximate surface area is 189 Å². The molecule has 4 nitrogen and oxygen atoms in total. The number of benzene rings is 3. The van der Waals surface area contributed by atoms with Crippen molar-refractivity contribution < 1.29 is 14.2 Å². The fourth-order valence-electron chi connectivity index (χ4n) is 3.33. The monoisotopic (exact) mass is 459 g/mol. The fourth-order valence-corrected chi connectivity index (χ4v) is 4.81. The summed E-state index contributed by atoms with van der Waals surface area (Å²) in [6.45, 7) is 0. The van der Waals surface area contributed by atoms with Crippen LogP contribution in [0, 0.1) is 0 Å². The predicted octanol–water partition coefficient (Wildman–Crippen LogP) is 7.32. The number of ether oxygens (including phenoxy) is 3. The first-order chi connectivity index (χ1) is 14.6. The van der Waals surface area contributed by atoms with E-state index in [-0.39, 0.29) is 0 Å². The molecule has 0 aliphatic carbocycles. The Morgan fingerprint density at radius 2 is 1.50 bits per heavy atom. The third-order valence-electron chi connectivity index (χ3n) is 4.74. The molecule has 0 aliphatic rings. The minimum absolute atomic E-state index is 0.503. The topological polar surface area (TPSA) is 43.5 Å². The molecular weight excluding hydrogens is 441 g/mol. The molecule has 0 spiro atoms. The van der Waals surface area contributed by atoms with E-state index in [1.807, 2.05) is 42.5 Å². The van der Waals surface area contributed by atoms with E-state index in [9.17, 15) is 0 Å². The lowest BCUT2D eigenvalue weighted by Gasteiger charge is -2.14. The molecule has 154 valence electrons. The molecule has 0 amide bonds. The molecule has 0 saturated heterocycles. The highest BCUT2D eigenvalue weighted by atomic mass is 35.5. The first-order valence-electron chi connectivity index (χ1n) is 9.10. The summed E-state index contributed by atoms with van der Waals surface area (Å²) in [5.74, 6) is 1.75. The molecule has 0 atom stereocenters. The zero-order valence-electron chi connectivity index (χ0n) is 16.6. The van der Waals surface area contributed by atoms with Crippen LogP contribution in [0.2, 0.25) is 10.0 Å². The number of hydrogen-bond donors (Lipinski definition) is 1. The van der Waals surface area contributed by atoms with E-state index in [4.69, 9.17) is 37.4 Å². The molecular formula is C23H19Cl2NO3S. The van der Waals surface area contributed by atoms with Crippen LogP contribution in [0.1, 0.15) is 0 Å². The number of H-pyrrole nitrogens is 1. The molecule has 0 fully saturated rings. The van der Waals surface area contributed by atoms with Crippen LogP contribution in [0.4, 0.5) is 0 Å². The third-order valence-corrected chi connectivity index (χ3v) is 6.64. The van der Waals surface area contributed by atoms with Gasteiger partial charge in [0.25, 0.3) is 0 Å². The van der Waals surface area contributed by atoms with Crippen LogP contribution >= 0.6 is 35.0 Å². The van der Waals surface area contributed by atoms with Gasteiger partial charge < -0.3 is 19.2 Å². The van der Waals surface area contributed by atoms with Gasteiger partial charge in [-0.1, -0.05) is 71.4 Å². The van der Waals surface area contributed by atoms with E-state index in [1.54, 1.807) is 33.1 Å². The van der Waals surface area contributed by atoms with Gasteiger partial charge in [-0.3, -0.25) is 0 Å². The maximum absolute atomic E-state index is 6.51. The Balaban J connectivity index is 1.92. The lowest BCUT2D eigenvalue weighted by Crippen LogP contribution is -1.95. The number of nitrogens with one attached hydrogen (secondary N) is 1. The molecule has 4 rings (SSSR count). The minimum Gasteiger partial charge on any atom is -0.493 e. The van der Waals surface area contributed by atoms with Gasteiger partial charge in [0.2, 0.25) is 5.75 Å². The van der Waals surface area contributed by atoms with Crippen molar-refractivity contribution in [3.05, 3.63) is 64.6 Å². The molecule has 0 bridgehead atoms. The smallest absolute Gasteiger partial charge is 0.203 e. The molecule has 3 aromatic carbocycles. The van der Waals surface area contributed by atoms with E-state index < -0.39 is 0 Å².